The fraction of sp³-hybridized carbons (Fsp3) is 0.889. The zero-order valence-corrected chi connectivity index (χ0v) is 8.05. The lowest BCUT2D eigenvalue weighted by Gasteiger charge is -2.26. The van der Waals surface area contributed by atoms with Gasteiger partial charge in [0, 0.05) is 19.5 Å². The predicted octanol–water partition coefficient (Wildman–Crippen LogP) is 0.904. The van der Waals surface area contributed by atoms with Crippen molar-refractivity contribution < 1.29 is 9.28 Å². The molecule has 0 aromatic rings. The summed E-state index contributed by atoms with van der Waals surface area (Å²) in [6, 6.07) is -0.287. The molecule has 1 rings (SSSR count). The van der Waals surface area contributed by atoms with Crippen molar-refractivity contribution in [2.24, 2.45) is 0 Å². The van der Waals surface area contributed by atoms with E-state index in [-0.39, 0.29) is 18.4 Å². The maximum Gasteiger partial charge on any atom is 0.151 e. The van der Waals surface area contributed by atoms with E-state index < -0.39 is 0 Å². The van der Waals surface area contributed by atoms with Crippen molar-refractivity contribution in [3.8, 4) is 0 Å². The van der Waals surface area contributed by atoms with Gasteiger partial charge in [-0.1, -0.05) is 13.3 Å². The van der Waals surface area contributed by atoms with E-state index >= 15 is 0 Å². The van der Waals surface area contributed by atoms with Crippen LogP contribution >= 0.6 is 0 Å². The minimum Gasteiger partial charge on any atom is -0.305 e. The third-order valence-corrected chi connectivity index (χ3v) is 2.29. The van der Waals surface area contributed by atoms with Crippen LogP contribution in [0, 0.1) is 0 Å². The van der Waals surface area contributed by atoms with Gasteiger partial charge >= 0.3 is 0 Å². The third-order valence-electron chi connectivity index (χ3n) is 2.29. The van der Waals surface area contributed by atoms with E-state index in [1.54, 1.807) is 0 Å². The summed E-state index contributed by atoms with van der Waals surface area (Å²) in [6.07, 6.45) is 2.49. The molecule has 76 valence electrons. The molecule has 0 aromatic heterocycles. The van der Waals surface area contributed by atoms with Gasteiger partial charge in [-0.25, -0.2) is 0 Å². The van der Waals surface area contributed by atoms with Crippen molar-refractivity contribution in [2.45, 2.75) is 32.2 Å². The van der Waals surface area contributed by atoms with Crippen molar-refractivity contribution in [3.05, 3.63) is 0 Å². The number of Topliss-reactive ketones (excluding diaryl/α,β-unsaturated/α-hetero) is 1. The fourth-order valence-corrected chi connectivity index (χ4v) is 1.45. The molecule has 0 bridgehead atoms. The van der Waals surface area contributed by atoms with Crippen LogP contribution in [0.4, 0.5) is 4.48 Å². The number of rotatable bonds is 4. The molecule has 1 aliphatic rings. The lowest BCUT2D eigenvalue weighted by atomic mass is 10.1. The zero-order valence-electron chi connectivity index (χ0n) is 8.05. The fourth-order valence-electron chi connectivity index (χ4n) is 1.45. The highest BCUT2D eigenvalue weighted by atomic mass is 19.2. The Bertz CT molecular complexity index is 175. The minimum absolute atomic E-state index is 0.143. The highest BCUT2D eigenvalue weighted by Crippen LogP contribution is 2.05. The largest absolute Gasteiger partial charge is 0.305 e. The smallest absolute Gasteiger partial charge is 0.151 e. The first-order valence-corrected chi connectivity index (χ1v) is 4.91. The number of carbonyl (C=O) groups is 1. The van der Waals surface area contributed by atoms with Crippen LogP contribution in [0.3, 0.4) is 0 Å². The monoisotopic (exact) mass is 188 g/mol. The number of nitrogens with zero attached hydrogens (tertiary/aromatic N) is 1. The first-order chi connectivity index (χ1) is 6.24. The van der Waals surface area contributed by atoms with Gasteiger partial charge in [-0.05, 0) is 6.42 Å². The van der Waals surface area contributed by atoms with Crippen LogP contribution < -0.4 is 5.32 Å². The number of carbonyl (C=O) groups excluding carboxylic acids is 1. The summed E-state index contributed by atoms with van der Waals surface area (Å²) >= 11 is 0. The molecule has 1 heterocycles. The van der Waals surface area contributed by atoms with Crippen molar-refractivity contribution in [3.63, 3.8) is 0 Å². The van der Waals surface area contributed by atoms with Crippen molar-refractivity contribution in [1.29, 1.82) is 0 Å². The summed E-state index contributed by atoms with van der Waals surface area (Å²) in [6.45, 7) is 3.21. The summed E-state index contributed by atoms with van der Waals surface area (Å²) in [5, 5.41) is 3.74. The lowest BCUT2D eigenvalue weighted by Crippen LogP contribution is -2.51. The van der Waals surface area contributed by atoms with Gasteiger partial charge < -0.3 is 5.32 Å². The van der Waals surface area contributed by atoms with Gasteiger partial charge in [0.2, 0.25) is 0 Å². The molecule has 0 radical (unpaired) electrons. The summed E-state index contributed by atoms with van der Waals surface area (Å²) in [4.78, 5) is 11.4. The van der Waals surface area contributed by atoms with Gasteiger partial charge in [-0.3, -0.25) is 4.79 Å². The quantitative estimate of drug-likeness (QED) is 0.665. The molecule has 1 atom stereocenters. The SMILES string of the molecule is CCCCC(=O)C1CN(F)CCN1. The number of hydrogen-bond acceptors (Lipinski definition) is 3. The number of piperazine rings is 1. The molecule has 1 saturated heterocycles. The molecule has 0 saturated carbocycles. The zero-order chi connectivity index (χ0) is 9.68. The molecule has 0 spiro atoms. The highest BCUT2D eigenvalue weighted by Gasteiger charge is 2.24. The van der Waals surface area contributed by atoms with Gasteiger partial charge in [0.1, 0.15) is 0 Å². The Balaban J connectivity index is 2.28. The second-order valence-corrected chi connectivity index (χ2v) is 3.45. The van der Waals surface area contributed by atoms with Crippen LogP contribution in [0.25, 0.3) is 0 Å². The molecule has 1 unspecified atom stereocenters. The molecule has 0 aliphatic carbocycles. The molecule has 0 aromatic carbocycles. The van der Waals surface area contributed by atoms with E-state index in [9.17, 15) is 9.28 Å². The third kappa shape index (κ3) is 3.40. The van der Waals surface area contributed by atoms with Crippen LogP contribution in [0.1, 0.15) is 26.2 Å². The summed E-state index contributed by atoms with van der Waals surface area (Å²) in [7, 11) is 0. The van der Waals surface area contributed by atoms with Crippen LogP contribution in [-0.2, 0) is 4.79 Å². The second-order valence-electron chi connectivity index (χ2n) is 3.45. The summed E-state index contributed by atoms with van der Waals surface area (Å²) in [5.74, 6) is 0.143. The van der Waals surface area contributed by atoms with Gasteiger partial charge in [0.25, 0.3) is 0 Å². The van der Waals surface area contributed by atoms with Gasteiger partial charge in [0.05, 0.1) is 12.6 Å². The Kier molecular flexibility index (Phi) is 4.32. The van der Waals surface area contributed by atoms with Crippen LogP contribution in [-0.4, -0.2) is 36.6 Å². The maximum atomic E-state index is 12.8. The molecule has 1 N–H and O–H groups in total. The summed E-state index contributed by atoms with van der Waals surface area (Å²) in [5.41, 5.74) is 0. The number of ketones is 1. The number of halogens is 1. The number of hydrogen-bond donors (Lipinski definition) is 1. The standard InChI is InChI=1S/C9H17FN2O/c1-2-3-4-9(13)8-7-12(10)6-5-11-8/h8,11H,2-7H2,1H3. The molecular formula is C9H17FN2O. The van der Waals surface area contributed by atoms with E-state index in [2.05, 4.69) is 5.32 Å². The van der Waals surface area contributed by atoms with Gasteiger partial charge in [-0.2, -0.15) is 0 Å². The molecule has 13 heavy (non-hydrogen) atoms. The van der Waals surface area contributed by atoms with E-state index in [1.807, 2.05) is 6.92 Å². The molecule has 4 heteroatoms. The Labute approximate surface area is 78.2 Å². The topological polar surface area (TPSA) is 32.3 Å². The van der Waals surface area contributed by atoms with Crippen molar-refractivity contribution in [1.82, 2.24) is 10.4 Å². The van der Waals surface area contributed by atoms with E-state index in [0.29, 0.717) is 24.6 Å². The maximum absolute atomic E-state index is 12.8. The second kappa shape index (κ2) is 5.29. The Morgan fingerprint density at radius 3 is 3.08 bits per heavy atom. The molecular weight excluding hydrogens is 171 g/mol. The van der Waals surface area contributed by atoms with Crippen molar-refractivity contribution >= 4 is 5.78 Å². The molecule has 3 nitrogen and oxygen atoms in total. The van der Waals surface area contributed by atoms with Crippen LogP contribution in [0.15, 0.2) is 0 Å². The van der Waals surface area contributed by atoms with Crippen LogP contribution in [0.2, 0.25) is 0 Å². The Morgan fingerprint density at radius 2 is 2.46 bits per heavy atom. The van der Waals surface area contributed by atoms with Gasteiger partial charge in [-0.15, -0.1) is 9.60 Å². The number of unbranched alkanes of at least 4 members (excludes halogenated alkanes) is 1. The Morgan fingerprint density at radius 1 is 1.69 bits per heavy atom. The van der Waals surface area contributed by atoms with Crippen molar-refractivity contribution in [2.75, 3.05) is 19.6 Å². The number of nitrogens with one attached hydrogen (secondary N) is 1. The Hall–Kier alpha value is -0.480. The predicted molar refractivity (Wildman–Crippen MR) is 49.0 cm³/mol. The van der Waals surface area contributed by atoms with Gasteiger partial charge in [0.15, 0.2) is 5.78 Å². The van der Waals surface area contributed by atoms with E-state index in [0.717, 1.165) is 12.8 Å². The van der Waals surface area contributed by atoms with E-state index in [4.69, 9.17) is 0 Å². The molecule has 1 fully saturated rings. The first-order valence-electron chi connectivity index (χ1n) is 4.91. The lowest BCUT2D eigenvalue weighted by molar-refractivity contribution is -0.124. The average Bonchev–Trinajstić information content (AvgIpc) is 2.14. The van der Waals surface area contributed by atoms with E-state index in [1.165, 1.54) is 0 Å². The average molecular weight is 188 g/mol. The summed E-state index contributed by atoms with van der Waals surface area (Å²) < 4.78 is 12.8. The molecule has 0 amide bonds. The first kappa shape index (κ1) is 10.6. The van der Waals surface area contributed by atoms with Crippen LogP contribution in [0.5, 0.6) is 0 Å². The minimum atomic E-state index is -0.287. The highest BCUT2D eigenvalue weighted by molar-refractivity contribution is 5.84. The normalized spacial score (nSPS) is 24.6. The molecule has 1 aliphatic heterocycles.